The van der Waals surface area contributed by atoms with E-state index in [0.717, 1.165) is 11.1 Å². The van der Waals surface area contributed by atoms with Crippen LogP contribution in [0.4, 0.5) is 0 Å². The lowest BCUT2D eigenvalue weighted by molar-refractivity contribution is 0.170. The van der Waals surface area contributed by atoms with Gasteiger partial charge in [0.2, 0.25) is 10.0 Å². The monoisotopic (exact) mass is 313 g/mol. The molecule has 21 heavy (non-hydrogen) atoms. The molecule has 1 aliphatic rings. The van der Waals surface area contributed by atoms with Crippen molar-refractivity contribution in [1.82, 2.24) is 4.31 Å². The molecule has 1 aromatic carbocycles. The Morgan fingerprint density at radius 1 is 1.24 bits per heavy atom. The van der Waals surface area contributed by atoms with Gasteiger partial charge < -0.3 is 9.84 Å². The van der Waals surface area contributed by atoms with Crippen LogP contribution in [0.15, 0.2) is 17.0 Å². The number of methoxy groups -OCH3 is 1. The van der Waals surface area contributed by atoms with Gasteiger partial charge in [0.25, 0.3) is 0 Å². The minimum Gasteiger partial charge on any atom is -0.495 e. The summed E-state index contributed by atoms with van der Waals surface area (Å²) in [6.07, 6.45) is 1.39. The Bertz CT molecular complexity index is 604. The highest BCUT2D eigenvalue weighted by molar-refractivity contribution is 7.89. The fourth-order valence-corrected chi connectivity index (χ4v) is 4.29. The fourth-order valence-electron chi connectivity index (χ4n) is 2.60. The molecule has 0 bridgehead atoms. The van der Waals surface area contributed by atoms with E-state index in [1.165, 1.54) is 11.4 Å². The number of ether oxygens (including phenoxy) is 1. The van der Waals surface area contributed by atoms with Gasteiger partial charge in [-0.3, -0.25) is 0 Å². The molecule has 1 N–H and O–H groups in total. The highest BCUT2D eigenvalue weighted by Gasteiger charge is 2.31. The van der Waals surface area contributed by atoms with Crippen molar-refractivity contribution in [1.29, 1.82) is 0 Å². The predicted octanol–water partition coefficient (Wildman–Crippen LogP) is 1.71. The van der Waals surface area contributed by atoms with Crippen LogP contribution in [-0.4, -0.2) is 44.6 Å². The molecule has 118 valence electrons. The third-order valence-corrected chi connectivity index (χ3v) is 6.15. The van der Waals surface area contributed by atoms with E-state index < -0.39 is 10.0 Å². The topological polar surface area (TPSA) is 66.8 Å². The molecule has 0 amide bonds. The number of hydrogen-bond acceptors (Lipinski definition) is 4. The average Bonchev–Trinajstić information content (AvgIpc) is 2.49. The Kier molecular flexibility index (Phi) is 4.91. The van der Waals surface area contributed by atoms with Crippen molar-refractivity contribution in [3.63, 3.8) is 0 Å². The SMILES string of the molecule is COc1cc(C)c(C)cc1S(=O)(=O)N1CCC(CO)CC1. The van der Waals surface area contributed by atoms with Crippen LogP contribution in [0.25, 0.3) is 0 Å². The highest BCUT2D eigenvalue weighted by Crippen LogP contribution is 2.31. The van der Waals surface area contributed by atoms with Crippen molar-refractivity contribution in [2.24, 2.45) is 5.92 Å². The summed E-state index contributed by atoms with van der Waals surface area (Å²) in [5.74, 6) is 0.598. The van der Waals surface area contributed by atoms with Crippen LogP contribution in [0.2, 0.25) is 0 Å². The first-order valence-electron chi connectivity index (χ1n) is 7.16. The zero-order valence-corrected chi connectivity index (χ0v) is 13.6. The molecule has 0 aliphatic carbocycles. The van der Waals surface area contributed by atoms with Crippen LogP contribution in [0, 0.1) is 19.8 Å². The molecular formula is C15H23NO4S. The molecule has 1 saturated heterocycles. The Hall–Kier alpha value is -1.11. The van der Waals surface area contributed by atoms with Crippen molar-refractivity contribution < 1.29 is 18.3 Å². The lowest BCUT2D eigenvalue weighted by Crippen LogP contribution is -2.39. The maximum Gasteiger partial charge on any atom is 0.246 e. The van der Waals surface area contributed by atoms with Gasteiger partial charge in [-0.25, -0.2) is 8.42 Å². The van der Waals surface area contributed by atoms with Gasteiger partial charge in [-0.15, -0.1) is 0 Å². The quantitative estimate of drug-likeness (QED) is 0.919. The Balaban J connectivity index is 2.34. The van der Waals surface area contributed by atoms with Gasteiger partial charge in [-0.1, -0.05) is 0 Å². The molecule has 6 heteroatoms. The van der Waals surface area contributed by atoms with E-state index in [9.17, 15) is 8.42 Å². The molecule has 0 spiro atoms. The van der Waals surface area contributed by atoms with Crippen LogP contribution in [0.5, 0.6) is 5.75 Å². The summed E-state index contributed by atoms with van der Waals surface area (Å²) < 4.78 is 32.4. The smallest absolute Gasteiger partial charge is 0.246 e. The molecule has 0 saturated carbocycles. The molecule has 0 unspecified atom stereocenters. The third-order valence-electron chi connectivity index (χ3n) is 4.23. The Labute approximate surface area is 126 Å². The second-order valence-electron chi connectivity index (χ2n) is 5.62. The minimum absolute atomic E-state index is 0.126. The standard InChI is InChI=1S/C15H23NO4S/c1-11-8-14(20-3)15(9-12(11)2)21(18,19)16-6-4-13(10-17)5-7-16/h8-9,13,17H,4-7,10H2,1-3H3. The summed E-state index contributed by atoms with van der Waals surface area (Å²) in [5.41, 5.74) is 1.93. The maximum atomic E-state index is 12.8. The number of sulfonamides is 1. The largest absolute Gasteiger partial charge is 0.495 e. The number of piperidine rings is 1. The van der Waals surface area contributed by atoms with Crippen LogP contribution in [0.1, 0.15) is 24.0 Å². The molecule has 1 fully saturated rings. The normalized spacial score (nSPS) is 17.9. The molecule has 1 aliphatic heterocycles. The number of aryl methyl sites for hydroxylation is 2. The number of aliphatic hydroxyl groups is 1. The zero-order valence-electron chi connectivity index (χ0n) is 12.8. The van der Waals surface area contributed by atoms with Gasteiger partial charge in [-0.2, -0.15) is 4.31 Å². The third kappa shape index (κ3) is 3.22. The summed E-state index contributed by atoms with van der Waals surface area (Å²) in [7, 11) is -2.06. The van der Waals surface area contributed by atoms with Crippen LogP contribution >= 0.6 is 0 Å². The molecule has 1 heterocycles. The zero-order chi connectivity index (χ0) is 15.6. The van der Waals surface area contributed by atoms with Crippen LogP contribution in [0.3, 0.4) is 0 Å². The summed E-state index contributed by atoms with van der Waals surface area (Å²) >= 11 is 0. The van der Waals surface area contributed by atoms with E-state index in [1.807, 2.05) is 13.8 Å². The Morgan fingerprint density at radius 2 is 1.81 bits per heavy atom. The van der Waals surface area contributed by atoms with Crippen molar-refractivity contribution in [2.45, 2.75) is 31.6 Å². The van der Waals surface area contributed by atoms with E-state index in [2.05, 4.69) is 0 Å². The van der Waals surface area contributed by atoms with Gasteiger partial charge >= 0.3 is 0 Å². The Morgan fingerprint density at radius 3 is 2.33 bits per heavy atom. The molecule has 0 aromatic heterocycles. The van der Waals surface area contributed by atoms with Crippen LogP contribution in [-0.2, 0) is 10.0 Å². The van der Waals surface area contributed by atoms with Crippen molar-refractivity contribution in [3.05, 3.63) is 23.3 Å². The van der Waals surface area contributed by atoms with Crippen molar-refractivity contribution in [3.8, 4) is 5.75 Å². The molecule has 0 atom stereocenters. The summed E-state index contributed by atoms with van der Waals surface area (Å²) in [5, 5.41) is 9.16. The van der Waals surface area contributed by atoms with Gasteiger partial charge in [0.1, 0.15) is 10.6 Å². The second kappa shape index (κ2) is 6.34. The number of benzene rings is 1. The molecule has 5 nitrogen and oxygen atoms in total. The van der Waals surface area contributed by atoms with Crippen molar-refractivity contribution in [2.75, 3.05) is 26.8 Å². The number of aliphatic hydroxyl groups excluding tert-OH is 1. The van der Waals surface area contributed by atoms with E-state index in [4.69, 9.17) is 9.84 Å². The van der Waals surface area contributed by atoms with Gasteiger partial charge in [0, 0.05) is 19.7 Å². The van der Waals surface area contributed by atoms with E-state index in [1.54, 1.807) is 12.1 Å². The fraction of sp³-hybridized carbons (Fsp3) is 0.600. The van der Waals surface area contributed by atoms with Crippen LogP contribution < -0.4 is 4.74 Å². The van der Waals surface area contributed by atoms with E-state index in [0.29, 0.717) is 31.7 Å². The molecule has 1 aromatic rings. The van der Waals surface area contributed by atoms with E-state index >= 15 is 0 Å². The first-order valence-corrected chi connectivity index (χ1v) is 8.60. The molecular weight excluding hydrogens is 290 g/mol. The van der Waals surface area contributed by atoms with Crippen molar-refractivity contribution >= 4 is 10.0 Å². The lowest BCUT2D eigenvalue weighted by Gasteiger charge is -2.30. The first kappa shape index (κ1) is 16.3. The summed E-state index contributed by atoms with van der Waals surface area (Å²) in [6, 6.07) is 3.45. The van der Waals surface area contributed by atoms with Gasteiger partial charge in [-0.05, 0) is 55.9 Å². The molecule has 2 rings (SSSR count). The summed E-state index contributed by atoms with van der Waals surface area (Å²) in [6.45, 7) is 4.85. The minimum atomic E-state index is -3.55. The lowest BCUT2D eigenvalue weighted by atomic mass is 10.00. The number of hydrogen-bond donors (Lipinski definition) is 1. The number of nitrogens with zero attached hydrogens (tertiary/aromatic N) is 1. The average molecular weight is 313 g/mol. The maximum absolute atomic E-state index is 12.8. The van der Waals surface area contributed by atoms with Gasteiger partial charge in [0.05, 0.1) is 7.11 Å². The first-order chi connectivity index (χ1) is 9.90. The number of rotatable bonds is 4. The van der Waals surface area contributed by atoms with E-state index in [-0.39, 0.29) is 17.4 Å². The predicted molar refractivity (Wildman–Crippen MR) is 81.0 cm³/mol. The second-order valence-corrected chi connectivity index (χ2v) is 7.52. The van der Waals surface area contributed by atoms with Gasteiger partial charge in [0.15, 0.2) is 0 Å². The summed E-state index contributed by atoms with van der Waals surface area (Å²) in [4.78, 5) is 0.232. The highest BCUT2D eigenvalue weighted by atomic mass is 32.2. The molecule has 0 radical (unpaired) electrons.